The molecule has 0 aliphatic heterocycles. The molecule has 0 saturated heterocycles. The zero-order valence-corrected chi connectivity index (χ0v) is 15.8. The average molecular weight is 332 g/mol. The van der Waals surface area contributed by atoms with Gasteiger partial charge in [-0.05, 0) is 71.4 Å². The molecule has 1 N–H and O–H groups in total. The van der Waals surface area contributed by atoms with Crippen LogP contribution in [-0.2, 0) is 4.74 Å². The van der Waals surface area contributed by atoms with Crippen molar-refractivity contribution in [2.75, 3.05) is 18.5 Å². The van der Waals surface area contributed by atoms with Crippen LogP contribution in [0.4, 0.5) is 10.5 Å². The maximum atomic E-state index is 11.9. The van der Waals surface area contributed by atoms with Crippen molar-refractivity contribution in [1.82, 2.24) is 5.32 Å². The Hall–Kier alpha value is -1.71. The van der Waals surface area contributed by atoms with Gasteiger partial charge in [-0.3, -0.25) is 0 Å². The van der Waals surface area contributed by atoms with Gasteiger partial charge in [-0.25, -0.2) is 4.79 Å². The molecule has 0 spiro atoms. The van der Waals surface area contributed by atoms with Crippen LogP contribution >= 0.6 is 0 Å². The van der Waals surface area contributed by atoms with Crippen molar-refractivity contribution in [3.05, 3.63) is 29.8 Å². The number of ether oxygens (including phenoxy) is 1. The molecule has 0 unspecified atom stereocenters. The molecule has 1 amide bonds. The SMILES string of the molecule is Cc1ccc(N(C)CC2CCC(NC(=O)OC(C)(C)C)CC2)cc1. The minimum Gasteiger partial charge on any atom is -0.444 e. The second kappa shape index (κ2) is 7.91. The van der Waals surface area contributed by atoms with Crippen molar-refractivity contribution in [2.24, 2.45) is 5.92 Å². The Morgan fingerprint density at radius 1 is 1.17 bits per heavy atom. The zero-order chi connectivity index (χ0) is 17.7. The first-order chi connectivity index (χ1) is 11.2. The summed E-state index contributed by atoms with van der Waals surface area (Å²) in [5.41, 5.74) is 2.13. The first-order valence-corrected chi connectivity index (χ1v) is 9.00. The topological polar surface area (TPSA) is 41.6 Å². The average Bonchev–Trinajstić information content (AvgIpc) is 2.48. The van der Waals surface area contributed by atoms with Crippen molar-refractivity contribution in [3.63, 3.8) is 0 Å². The summed E-state index contributed by atoms with van der Waals surface area (Å²) in [7, 11) is 2.16. The molecule has 24 heavy (non-hydrogen) atoms. The predicted octanol–water partition coefficient (Wildman–Crippen LogP) is 4.51. The van der Waals surface area contributed by atoms with Crippen LogP contribution < -0.4 is 10.2 Å². The van der Waals surface area contributed by atoms with E-state index in [1.807, 2.05) is 20.8 Å². The van der Waals surface area contributed by atoms with Crippen LogP contribution in [0.3, 0.4) is 0 Å². The Kier molecular flexibility index (Phi) is 6.14. The predicted molar refractivity (Wildman–Crippen MR) is 99.6 cm³/mol. The lowest BCUT2D eigenvalue weighted by atomic mass is 9.85. The number of hydrogen-bond donors (Lipinski definition) is 1. The third-order valence-electron chi connectivity index (χ3n) is 4.57. The van der Waals surface area contributed by atoms with Gasteiger partial charge in [0, 0.05) is 25.3 Å². The van der Waals surface area contributed by atoms with Gasteiger partial charge in [0.1, 0.15) is 5.60 Å². The van der Waals surface area contributed by atoms with E-state index in [0.29, 0.717) is 5.92 Å². The van der Waals surface area contributed by atoms with Crippen LogP contribution in [0.15, 0.2) is 24.3 Å². The van der Waals surface area contributed by atoms with Gasteiger partial charge in [0.2, 0.25) is 0 Å². The van der Waals surface area contributed by atoms with E-state index >= 15 is 0 Å². The van der Waals surface area contributed by atoms with Crippen molar-refractivity contribution < 1.29 is 9.53 Å². The molecule has 134 valence electrons. The molecule has 1 aromatic rings. The molecule has 1 aromatic carbocycles. The van der Waals surface area contributed by atoms with Crippen molar-refractivity contribution in [3.8, 4) is 0 Å². The maximum Gasteiger partial charge on any atom is 0.407 e. The minimum atomic E-state index is -0.433. The van der Waals surface area contributed by atoms with Crippen LogP contribution in [0.25, 0.3) is 0 Å². The van der Waals surface area contributed by atoms with E-state index < -0.39 is 5.60 Å². The standard InChI is InChI=1S/C20H32N2O2/c1-15-6-12-18(13-7-15)22(5)14-16-8-10-17(11-9-16)21-19(23)24-20(2,3)4/h6-7,12-13,16-17H,8-11,14H2,1-5H3,(H,21,23). The number of hydrogen-bond acceptors (Lipinski definition) is 3. The van der Waals surface area contributed by atoms with Crippen LogP contribution in [0.2, 0.25) is 0 Å². The van der Waals surface area contributed by atoms with Crippen molar-refractivity contribution in [1.29, 1.82) is 0 Å². The number of carbonyl (C=O) groups excluding carboxylic acids is 1. The van der Waals surface area contributed by atoms with Crippen LogP contribution in [-0.4, -0.2) is 31.3 Å². The first kappa shape index (κ1) is 18.6. The summed E-state index contributed by atoms with van der Waals surface area (Å²) in [6.45, 7) is 8.87. The fourth-order valence-electron chi connectivity index (χ4n) is 3.26. The molecule has 1 aliphatic carbocycles. The number of alkyl carbamates (subject to hydrolysis) is 1. The van der Waals surface area contributed by atoms with Crippen LogP contribution in [0.5, 0.6) is 0 Å². The monoisotopic (exact) mass is 332 g/mol. The highest BCUT2D eigenvalue weighted by molar-refractivity contribution is 5.68. The molecule has 1 saturated carbocycles. The molecule has 0 bridgehead atoms. The fraction of sp³-hybridized carbons (Fsp3) is 0.650. The van der Waals surface area contributed by atoms with Gasteiger partial charge < -0.3 is 15.0 Å². The number of carbonyl (C=O) groups is 1. The molecule has 4 heteroatoms. The number of aryl methyl sites for hydroxylation is 1. The van der Waals surface area contributed by atoms with E-state index in [2.05, 4.69) is 48.5 Å². The lowest BCUT2D eigenvalue weighted by Gasteiger charge is -2.32. The van der Waals surface area contributed by atoms with Crippen molar-refractivity contribution >= 4 is 11.8 Å². The number of benzene rings is 1. The molecule has 2 rings (SSSR count). The molecule has 0 radical (unpaired) electrons. The third-order valence-corrected chi connectivity index (χ3v) is 4.57. The zero-order valence-electron chi connectivity index (χ0n) is 15.8. The quantitative estimate of drug-likeness (QED) is 0.881. The maximum absolute atomic E-state index is 11.9. The highest BCUT2D eigenvalue weighted by atomic mass is 16.6. The van der Waals surface area contributed by atoms with Gasteiger partial charge in [-0.15, -0.1) is 0 Å². The summed E-state index contributed by atoms with van der Waals surface area (Å²) in [4.78, 5) is 14.2. The van der Waals surface area contributed by atoms with Gasteiger partial charge in [0.15, 0.2) is 0 Å². The molecule has 0 atom stereocenters. The van der Waals surface area contributed by atoms with Crippen LogP contribution in [0.1, 0.15) is 52.0 Å². The van der Waals surface area contributed by atoms with E-state index in [1.165, 1.54) is 11.3 Å². The normalized spacial score (nSPS) is 21.2. The summed E-state index contributed by atoms with van der Waals surface area (Å²) in [5, 5.41) is 3.01. The largest absolute Gasteiger partial charge is 0.444 e. The molecule has 0 aromatic heterocycles. The van der Waals surface area contributed by atoms with E-state index in [1.54, 1.807) is 0 Å². The molecule has 1 fully saturated rings. The fourth-order valence-corrected chi connectivity index (χ4v) is 3.26. The Morgan fingerprint density at radius 2 is 1.75 bits per heavy atom. The Balaban J connectivity index is 1.74. The number of amides is 1. The van der Waals surface area contributed by atoms with Crippen molar-refractivity contribution in [2.45, 2.75) is 65.0 Å². The van der Waals surface area contributed by atoms with Gasteiger partial charge in [0.05, 0.1) is 0 Å². The minimum absolute atomic E-state index is 0.251. The number of rotatable bonds is 4. The van der Waals surface area contributed by atoms with E-state index in [4.69, 9.17) is 4.74 Å². The lowest BCUT2D eigenvalue weighted by Crippen LogP contribution is -2.41. The number of nitrogens with zero attached hydrogens (tertiary/aromatic N) is 1. The third kappa shape index (κ3) is 6.06. The number of anilines is 1. The van der Waals surface area contributed by atoms with E-state index in [0.717, 1.165) is 32.2 Å². The summed E-state index contributed by atoms with van der Waals surface area (Å²) in [6, 6.07) is 8.94. The second-order valence-corrected chi connectivity index (χ2v) is 8.08. The molecular weight excluding hydrogens is 300 g/mol. The van der Waals surface area contributed by atoms with Crippen LogP contribution in [0, 0.1) is 12.8 Å². The smallest absolute Gasteiger partial charge is 0.407 e. The second-order valence-electron chi connectivity index (χ2n) is 8.08. The lowest BCUT2D eigenvalue weighted by molar-refractivity contribution is 0.0488. The highest BCUT2D eigenvalue weighted by Crippen LogP contribution is 2.26. The summed E-state index contributed by atoms with van der Waals surface area (Å²) in [6.07, 6.45) is 4.08. The molecule has 4 nitrogen and oxygen atoms in total. The van der Waals surface area contributed by atoms with Gasteiger partial charge >= 0.3 is 6.09 Å². The Labute approximate surface area is 146 Å². The van der Waals surface area contributed by atoms with Gasteiger partial charge in [0.25, 0.3) is 0 Å². The number of nitrogens with one attached hydrogen (secondary N) is 1. The molecule has 0 heterocycles. The van der Waals surface area contributed by atoms with E-state index in [-0.39, 0.29) is 12.1 Å². The van der Waals surface area contributed by atoms with Gasteiger partial charge in [-0.2, -0.15) is 0 Å². The van der Waals surface area contributed by atoms with E-state index in [9.17, 15) is 4.79 Å². The Bertz CT molecular complexity index is 526. The first-order valence-electron chi connectivity index (χ1n) is 9.00. The summed E-state index contributed by atoms with van der Waals surface area (Å²) < 4.78 is 5.34. The molecular formula is C20H32N2O2. The Morgan fingerprint density at radius 3 is 2.29 bits per heavy atom. The molecule has 1 aliphatic rings. The highest BCUT2D eigenvalue weighted by Gasteiger charge is 2.25. The van der Waals surface area contributed by atoms with Gasteiger partial charge in [-0.1, -0.05) is 17.7 Å². The summed E-state index contributed by atoms with van der Waals surface area (Å²) >= 11 is 0. The summed E-state index contributed by atoms with van der Waals surface area (Å²) in [5.74, 6) is 0.688.